The van der Waals surface area contributed by atoms with Crippen LogP contribution in [0, 0.1) is 0 Å². The second-order valence-corrected chi connectivity index (χ2v) is 4.41. The molecule has 0 saturated carbocycles. The first kappa shape index (κ1) is 14.8. The average Bonchev–Trinajstić information content (AvgIpc) is 2.75. The predicted octanol–water partition coefficient (Wildman–Crippen LogP) is -0.454. The minimum atomic E-state index is -1.53. The molecule has 112 valence electrons. The van der Waals surface area contributed by atoms with Crippen molar-refractivity contribution in [3.05, 3.63) is 34.8 Å². The molecule has 0 aliphatic heterocycles. The van der Waals surface area contributed by atoms with Gasteiger partial charge in [0, 0.05) is 13.0 Å². The van der Waals surface area contributed by atoms with Gasteiger partial charge in [0.05, 0.1) is 5.52 Å². The molecule has 1 amide bonds. The van der Waals surface area contributed by atoms with Gasteiger partial charge in [-0.05, 0) is 12.1 Å². The van der Waals surface area contributed by atoms with Crippen LogP contribution in [0.15, 0.2) is 33.5 Å². The number of nitrogens with one attached hydrogen (secondary N) is 1. The van der Waals surface area contributed by atoms with Crippen LogP contribution >= 0.6 is 0 Å². The SMILES string of the molecule is O=C(Cn1c(=O)oc2ccccc21)NCC[C@H](O)C(=O)O. The Bertz CT molecular complexity index is 717. The van der Waals surface area contributed by atoms with Crippen molar-refractivity contribution in [1.82, 2.24) is 9.88 Å². The molecule has 2 aromatic rings. The van der Waals surface area contributed by atoms with E-state index < -0.39 is 23.7 Å². The summed E-state index contributed by atoms with van der Waals surface area (Å²) in [5.74, 6) is -2.46. The summed E-state index contributed by atoms with van der Waals surface area (Å²) in [7, 11) is 0. The number of carbonyl (C=O) groups is 2. The molecule has 0 radical (unpaired) electrons. The topological polar surface area (TPSA) is 122 Å². The molecule has 1 heterocycles. The maximum absolute atomic E-state index is 11.7. The highest BCUT2D eigenvalue weighted by Crippen LogP contribution is 2.11. The fourth-order valence-corrected chi connectivity index (χ4v) is 1.83. The van der Waals surface area contributed by atoms with E-state index in [1.54, 1.807) is 24.3 Å². The number of hydrogen-bond acceptors (Lipinski definition) is 5. The van der Waals surface area contributed by atoms with Crippen molar-refractivity contribution in [2.24, 2.45) is 0 Å². The molecule has 0 spiro atoms. The van der Waals surface area contributed by atoms with Gasteiger partial charge in [-0.25, -0.2) is 9.59 Å². The van der Waals surface area contributed by atoms with E-state index in [-0.39, 0.29) is 19.5 Å². The number of aliphatic hydroxyl groups excluding tert-OH is 1. The van der Waals surface area contributed by atoms with Crippen LogP contribution in [0.1, 0.15) is 6.42 Å². The number of aliphatic hydroxyl groups is 1. The molecular formula is C13H14N2O6. The monoisotopic (exact) mass is 294 g/mol. The van der Waals surface area contributed by atoms with Gasteiger partial charge in [0.15, 0.2) is 11.7 Å². The van der Waals surface area contributed by atoms with E-state index >= 15 is 0 Å². The lowest BCUT2D eigenvalue weighted by molar-refractivity contribution is -0.147. The van der Waals surface area contributed by atoms with Crippen LogP contribution < -0.4 is 11.1 Å². The van der Waals surface area contributed by atoms with E-state index in [1.165, 1.54) is 4.57 Å². The lowest BCUT2D eigenvalue weighted by atomic mass is 10.2. The fraction of sp³-hybridized carbons (Fsp3) is 0.308. The first-order chi connectivity index (χ1) is 9.99. The summed E-state index contributed by atoms with van der Waals surface area (Å²) in [4.78, 5) is 33.8. The van der Waals surface area contributed by atoms with Gasteiger partial charge >= 0.3 is 11.7 Å². The molecular weight excluding hydrogens is 280 g/mol. The third-order valence-electron chi connectivity index (χ3n) is 2.90. The molecule has 21 heavy (non-hydrogen) atoms. The second kappa shape index (κ2) is 6.23. The van der Waals surface area contributed by atoms with Gasteiger partial charge < -0.3 is 19.9 Å². The molecule has 0 unspecified atom stereocenters. The number of carboxylic acid groups (broad SMARTS) is 1. The molecule has 1 aromatic carbocycles. The van der Waals surface area contributed by atoms with Gasteiger partial charge in [0.1, 0.15) is 6.54 Å². The largest absolute Gasteiger partial charge is 0.479 e. The van der Waals surface area contributed by atoms with Crippen LogP contribution in [-0.2, 0) is 16.1 Å². The number of fused-ring (bicyclic) bond motifs is 1. The third-order valence-corrected chi connectivity index (χ3v) is 2.90. The Morgan fingerprint density at radius 2 is 2.05 bits per heavy atom. The summed E-state index contributed by atoms with van der Waals surface area (Å²) in [6.07, 6.45) is -1.63. The first-order valence-electron chi connectivity index (χ1n) is 6.25. The molecule has 3 N–H and O–H groups in total. The highest BCUT2D eigenvalue weighted by atomic mass is 16.4. The molecule has 8 heteroatoms. The number of oxazole rings is 1. The zero-order valence-electron chi connectivity index (χ0n) is 11.0. The molecule has 0 bridgehead atoms. The fourth-order valence-electron chi connectivity index (χ4n) is 1.83. The number of benzene rings is 1. The van der Waals surface area contributed by atoms with Crippen molar-refractivity contribution in [3.8, 4) is 0 Å². The number of aromatic nitrogens is 1. The molecule has 1 atom stereocenters. The maximum atomic E-state index is 11.7. The molecule has 1 aromatic heterocycles. The van der Waals surface area contributed by atoms with Crippen molar-refractivity contribution in [2.75, 3.05) is 6.54 Å². The van der Waals surface area contributed by atoms with Gasteiger partial charge in [-0.1, -0.05) is 12.1 Å². The van der Waals surface area contributed by atoms with Crippen LogP contribution in [0.25, 0.3) is 11.1 Å². The number of amides is 1. The summed E-state index contributed by atoms with van der Waals surface area (Å²) in [5.41, 5.74) is 0.889. The zero-order valence-corrected chi connectivity index (χ0v) is 11.0. The Kier molecular flexibility index (Phi) is 4.39. The Labute approximate surface area is 118 Å². The smallest absolute Gasteiger partial charge is 0.420 e. The number of para-hydroxylation sites is 2. The van der Waals surface area contributed by atoms with Crippen molar-refractivity contribution in [2.45, 2.75) is 19.1 Å². The van der Waals surface area contributed by atoms with Crippen molar-refractivity contribution in [3.63, 3.8) is 0 Å². The number of carboxylic acids is 1. The Morgan fingerprint density at radius 3 is 2.76 bits per heavy atom. The summed E-state index contributed by atoms with van der Waals surface area (Å²) in [6.45, 7) is -0.240. The highest BCUT2D eigenvalue weighted by molar-refractivity contribution is 5.79. The molecule has 0 fully saturated rings. The number of aliphatic carboxylic acids is 1. The Hall–Kier alpha value is -2.61. The average molecular weight is 294 g/mol. The zero-order chi connectivity index (χ0) is 15.4. The second-order valence-electron chi connectivity index (χ2n) is 4.41. The van der Waals surface area contributed by atoms with Crippen LogP contribution in [0.4, 0.5) is 0 Å². The summed E-state index contributed by atoms with van der Waals surface area (Å²) in [6, 6.07) is 6.70. The number of nitrogens with zero attached hydrogens (tertiary/aromatic N) is 1. The van der Waals surface area contributed by atoms with E-state index in [9.17, 15) is 14.4 Å². The molecule has 0 aliphatic rings. The molecule has 8 nitrogen and oxygen atoms in total. The van der Waals surface area contributed by atoms with E-state index in [0.29, 0.717) is 11.1 Å². The normalized spacial score (nSPS) is 12.2. The summed E-state index contributed by atoms with van der Waals surface area (Å²) in [5, 5.41) is 20.0. The molecule has 0 aliphatic carbocycles. The van der Waals surface area contributed by atoms with Crippen LogP contribution in [0.2, 0.25) is 0 Å². The summed E-state index contributed by atoms with van der Waals surface area (Å²) >= 11 is 0. The van der Waals surface area contributed by atoms with E-state index in [0.717, 1.165) is 0 Å². The maximum Gasteiger partial charge on any atom is 0.420 e. The number of hydrogen-bond donors (Lipinski definition) is 3. The van der Waals surface area contributed by atoms with E-state index in [2.05, 4.69) is 5.32 Å². The number of carbonyl (C=O) groups excluding carboxylic acids is 1. The first-order valence-corrected chi connectivity index (χ1v) is 6.25. The van der Waals surface area contributed by atoms with Crippen LogP contribution in [0.3, 0.4) is 0 Å². The van der Waals surface area contributed by atoms with E-state index in [1.807, 2.05) is 0 Å². The van der Waals surface area contributed by atoms with Crippen molar-refractivity contribution >= 4 is 23.0 Å². The van der Waals surface area contributed by atoms with Crippen LogP contribution in [0.5, 0.6) is 0 Å². The minimum absolute atomic E-state index is 0.00314. The molecule has 2 rings (SSSR count). The van der Waals surface area contributed by atoms with Gasteiger partial charge in [-0.3, -0.25) is 9.36 Å². The standard InChI is InChI=1S/C13H14N2O6/c16-9(12(18)19)5-6-14-11(17)7-15-8-3-1-2-4-10(8)21-13(15)20/h1-4,9,16H,5-7H2,(H,14,17)(H,18,19)/t9-/m0/s1. The molecule has 0 saturated heterocycles. The lowest BCUT2D eigenvalue weighted by Crippen LogP contribution is -2.34. The quantitative estimate of drug-likeness (QED) is 0.663. The summed E-state index contributed by atoms with van der Waals surface area (Å²) < 4.78 is 6.16. The highest BCUT2D eigenvalue weighted by Gasteiger charge is 2.14. The van der Waals surface area contributed by atoms with Crippen molar-refractivity contribution < 1.29 is 24.2 Å². The Morgan fingerprint density at radius 1 is 1.33 bits per heavy atom. The Balaban J connectivity index is 1.97. The van der Waals surface area contributed by atoms with Gasteiger partial charge in [0.25, 0.3) is 0 Å². The van der Waals surface area contributed by atoms with Gasteiger partial charge in [-0.15, -0.1) is 0 Å². The van der Waals surface area contributed by atoms with Gasteiger partial charge in [0.2, 0.25) is 5.91 Å². The van der Waals surface area contributed by atoms with E-state index in [4.69, 9.17) is 14.6 Å². The minimum Gasteiger partial charge on any atom is -0.479 e. The van der Waals surface area contributed by atoms with Crippen LogP contribution in [-0.4, -0.2) is 39.3 Å². The number of rotatable bonds is 6. The van der Waals surface area contributed by atoms with Gasteiger partial charge in [-0.2, -0.15) is 0 Å². The van der Waals surface area contributed by atoms with Crippen molar-refractivity contribution in [1.29, 1.82) is 0 Å². The predicted molar refractivity (Wildman–Crippen MR) is 71.7 cm³/mol. The lowest BCUT2D eigenvalue weighted by Gasteiger charge is -2.07. The third kappa shape index (κ3) is 3.48.